The van der Waals surface area contributed by atoms with Crippen molar-refractivity contribution in [3.05, 3.63) is 33.1 Å². The summed E-state index contributed by atoms with van der Waals surface area (Å²) in [6.07, 6.45) is 1.65. The molecule has 1 atom stereocenters. The molecular formula is C12H24N2O5. The van der Waals surface area contributed by atoms with E-state index in [1.165, 1.54) is 23.9 Å². The first-order valence-electron chi connectivity index (χ1n) is 6.05. The predicted molar refractivity (Wildman–Crippen MR) is 73.3 cm³/mol. The molecule has 0 spiro atoms. The lowest BCUT2D eigenvalue weighted by atomic mass is 10.2. The number of nitrogens with one attached hydrogen (secondary N) is 1. The van der Waals surface area contributed by atoms with Crippen molar-refractivity contribution in [1.82, 2.24) is 9.55 Å². The van der Waals surface area contributed by atoms with Crippen molar-refractivity contribution < 1.29 is 14.9 Å². The number of aliphatic hydroxyl groups excluding tert-OH is 2. The highest BCUT2D eigenvalue weighted by molar-refractivity contribution is 4.82. The fourth-order valence-electron chi connectivity index (χ4n) is 1.19. The van der Waals surface area contributed by atoms with Crippen molar-refractivity contribution >= 4 is 0 Å². The second-order valence-electron chi connectivity index (χ2n) is 3.13. The van der Waals surface area contributed by atoms with Gasteiger partial charge in [-0.3, -0.25) is 9.78 Å². The van der Waals surface area contributed by atoms with Gasteiger partial charge in [0.15, 0.2) is 0 Å². The van der Waals surface area contributed by atoms with E-state index in [2.05, 4.69) is 4.98 Å². The van der Waals surface area contributed by atoms with Gasteiger partial charge in [-0.05, 0) is 6.42 Å². The smallest absolute Gasteiger partial charge is 0.328 e. The molecular weight excluding hydrogens is 252 g/mol. The Morgan fingerprint density at radius 2 is 1.95 bits per heavy atom. The van der Waals surface area contributed by atoms with Gasteiger partial charge in [-0.25, -0.2) is 4.79 Å². The molecule has 3 N–H and O–H groups in total. The Hall–Kier alpha value is -1.44. The molecule has 1 aromatic rings. The molecule has 0 radical (unpaired) electrons. The molecule has 0 fully saturated rings. The summed E-state index contributed by atoms with van der Waals surface area (Å²) >= 11 is 0. The van der Waals surface area contributed by atoms with Crippen LogP contribution >= 0.6 is 0 Å². The van der Waals surface area contributed by atoms with Crippen LogP contribution in [0.15, 0.2) is 21.9 Å². The molecule has 1 rings (SSSR count). The van der Waals surface area contributed by atoms with E-state index in [1.54, 1.807) is 0 Å². The SMILES string of the molecule is CC.CO.COC(CO)CCn1ccc(=O)[nH]c1=O. The van der Waals surface area contributed by atoms with Gasteiger partial charge in [0.05, 0.1) is 12.7 Å². The van der Waals surface area contributed by atoms with Crippen molar-refractivity contribution in [2.45, 2.75) is 32.9 Å². The average molecular weight is 276 g/mol. The van der Waals surface area contributed by atoms with Crippen LogP contribution in [0.1, 0.15) is 20.3 Å². The molecule has 7 nitrogen and oxygen atoms in total. The lowest BCUT2D eigenvalue weighted by molar-refractivity contribution is 0.0401. The van der Waals surface area contributed by atoms with Crippen molar-refractivity contribution in [3.63, 3.8) is 0 Å². The Morgan fingerprint density at radius 1 is 1.37 bits per heavy atom. The number of nitrogens with zero attached hydrogens (tertiary/aromatic N) is 1. The molecule has 0 saturated carbocycles. The third-order valence-corrected chi connectivity index (χ3v) is 2.13. The summed E-state index contributed by atoms with van der Waals surface area (Å²) in [6, 6.07) is 1.28. The summed E-state index contributed by atoms with van der Waals surface area (Å²) in [5, 5.41) is 15.8. The third-order valence-electron chi connectivity index (χ3n) is 2.13. The Morgan fingerprint density at radius 3 is 2.37 bits per heavy atom. The molecule has 0 aliphatic heterocycles. The van der Waals surface area contributed by atoms with Crippen LogP contribution in [0.4, 0.5) is 0 Å². The van der Waals surface area contributed by atoms with Gasteiger partial charge in [-0.15, -0.1) is 0 Å². The number of methoxy groups -OCH3 is 1. The highest BCUT2D eigenvalue weighted by Gasteiger charge is 2.05. The van der Waals surface area contributed by atoms with Gasteiger partial charge in [-0.1, -0.05) is 13.8 Å². The maximum Gasteiger partial charge on any atom is 0.328 e. The Kier molecular flexibility index (Phi) is 13.6. The monoisotopic (exact) mass is 276 g/mol. The van der Waals surface area contributed by atoms with Gasteiger partial charge in [-0.2, -0.15) is 0 Å². The van der Waals surface area contributed by atoms with E-state index >= 15 is 0 Å². The average Bonchev–Trinajstić information content (AvgIpc) is 2.46. The minimum Gasteiger partial charge on any atom is -0.400 e. The van der Waals surface area contributed by atoms with Crippen LogP contribution in [-0.4, -0.2) is 46.7 Å². The first kappa shape index (κ1) is 19.9. The topological polar surface area (TPSA) is 105 Å². The third kappa shape index (κ3) is 8.30. The first-order valence-corrected chi connectivity index (χ1v) is 6.05. The van der Waals surface area contributed by atoms with E-state index < -0.39 is 11.2 Å². The molecule has 1 aromatic heterocycles. The van der Waals surface area contributed by atoms with Crippen LogP contribution in [-0.2, 0) is 11.3 Å². The summed E-state index contributed by atoms with van der Waals surface area (Å²) in [7, 11) is 2.50. The number of hydrogen-bond acceptors (Lipinski definition) is 5. The Balaban J connectivity index is 0. The fourth-order valence-corrected chi connectivity index (χ4v) is 1.19. The summed E-state index contributed by atoms with van der Waals surface area (Å²) in [5.41, 5.74) is -0.864. The van der Waals surface area contributed by atoms with Gasteiger partial charge in [0, 0.05) is 33.0 Å². The molecule has 112 valence electrons. The molecule has 1 unspecified atom stereocenters. The molecule has 19 heavy (non-hydrogen) atoms. The van der Waals surface area contributed by atoms with E-state index in [-0.39, 0.29) is 12.7 Å². The highest BCUT2D eigenvalue weighted by atomic mass is 16.5. The van der Waals surface area contributed by atoms with Crippen molar-refractivity contribution in [2.75, 3.05) is 20.8 Å². The van der Waals surface area contributed by atoms with Crippen LogP contribution in [0, 0.1) is 0 Å². The molecule has 0 bridgehead atoms. The number of rotatable bonds is 5. The zero-order valence-electron chi connectivity index (χ0n) is 11.9. The summed E-state index contributed by atoms with van der Waals surface area (Å²) in [5.74, 6) is 0. The Labute approximate surface area is 112 Å². The van der Waals surface area contributed by atoms with E-state index in [9.17, 15) is 9.59 Å². The molecule has 0 aliphatic carbocycles. The van der Waals surface area contributed by atoms with Gasteiger partial charge in [0.25, 0.3) is 5.56 Å². The number of ether oxygens (including phenoxy) is 1. The molecule has 0 aromatic carbocycles. The first-order chi connectivity index (χ1) is 9.17. The molecule has 0 amide bonds. The van der Waals surface area contributed by atoms with Crippen molar-refractivity contribution in [2.24, 2.45) is 0 Å². The normalized spacial score (nSPS) is 10.6. The minimum absolute atomic E-state index is 0.0887. The molecule has 1 heterocycles. The second-order valence-corrected chi connectivity index (χ2v) is 3.13. The van der Waals surface area contributed by atoms with E-state index in [1.807, 2.05) is 13.8 Å². The minimum atomic E-state index is -0.449. The number of H-pyrrole nitrogens is 1. The van der Waals surface area contributed by atoms with Crippen molar-refractivity contribution in [1.29, 1.82) is 0 Å². The molecule has 0 aliphatic rings. The van der Waals surface area contributed by atoms with Crippen molar-refractivity contribution in [3.8, 4) is 0 Å². The number of aromatic nitrogens is 2. The number of aromatic amines is 1. The molecule has 0 saturated heterocycles. The maximum absolute atomic E-state index is 11.2. The van der Waals surface area contributed by atoms with Gasteiger partial charge >= 0.3 is 5.69 Å². The number of aryl methyl sites for hydroxylation is 1. The number of aliphatic hydroxyl groups is 2. The van der Waals surface area contributed by atoms with Crippen LogP contribution in [0.3, 0.4) is 0 Å². The van der Waals surface area contributed by atoms with Crippen LogP contribution in [0.2, 0.25) is 0 Å². The zero-order valence-corrected chi connectivity index (χ0v) is 11.9. The summed E-state index contributed by atoms with van der Waals surface area (Å²) in [6.45, 7) is 4.31. The Bertz CT molecular complexity index is 409. The van der Waals surface area contributed by atoms with Crippen LogP contribution < -0.4 is 11.2 Å². The van der Waals surface area contributed by atoms with Crippen LogP contribution in [0.25, 0.3) is 0 Å². The summed E-state index contributed by atoms with van der Waals surface area (Å²) < 4.78 is 6.31. The lowest BCUT2D eigenvalue weighted by Crippen LogP contribution is -2.30. The maximum atomic E-state index is 11.2. The second kappa shape index (κ2) is 13.0. The quantitative estimate of drug-likeness (QED) is 0.677. The number of hydrogen-bond donors (Lipinski definition) is 3. The summed E-state index contributed by atoms with van der Waals surface area (Å²) in [4.78, 5) is 24.1. The molecule has 7 heteroatoms. The zero-order chi connectivity index (χ0) is 15.3. The van der Waals surface area contributed by atoms with Gasteiger partial charge in [0.1, 0.15) is 0 Å². The van der Waals surface area contributed by atoms with Crippen LogP contribution in [0.5, 0.6) is 0 Å². The van der Waals surface area contributed by atoms with E-state index in [4.69, 9.17) is 14.9 Å². The van der Waals surface area contributed by atoms with Gasteiger partial charge in [0.2, 0.25) is 0 Å². The lowest BCUT2D eigenvalue weighted by Gasteiger charge is -2.12. The standard InChI is InChI=1S/C9H14N2O4.C2H6.CH4O/c1-15-7(6-12)2-4-11-5-3-8(13)10-9(11)14;2*1-2/h3,5,7,12H,2,4,6H2,1H3,(H,10,13,14);1-2H3;2H,1H3. The van der Waals surface area contributed by atoms with Gasteiger partial charge < -0.3 is 19.5 Å². The largest absolute Gasteiger partial charge is 0.400 e. The van der Waals surface area contributed by atoms with E-state index in [0.717, 1.165) is 7.11 Å². The fraction of sp³-hybridized carbons (Fsp3) is 0.667. The predicted octanol–water partition coefficient (Wildman–Crippen LogP) is -0.431. The highest BCUT2D eigenvalue weighted by Crippen LogP contribution is 1.97. The van der Waals surface area contributed by atoms with E-state index in [0.29, 0.717) is 13.0 Å².